The minimum absolute atomic E-state index is 0.107. The number of sulfonamides is 1. The molecule has 0 saturated carbocycles. The Balaban J connectivity index is 1.56. The number of hydrogen-bond donors (Lipinski definition) is 3. The van der Waals surface area contributed by atoms with Crippen LogP contribution in [0.1, 0.15) is 16.7 Å². The number of carbonyl (C=O) groups is 1. The fourth-order valence-electron chi connectivity index (χ4n) is 3.75. The van der Waals surface area contributed by atoms with E-state index in [1.807, 2.05) is 24.3 Å². The average Bonchev–Trinajstić information content (AvgIpc) is 2.85. The molecule has 1 amide bonds. The van der Waals surface area contributed by atoms with Crippen molar-refractivity contribution in [2.45, 2.75) is 25.4 Å². The normalized spacial score (nSPS) is 11.3. The standard InChI is InChI=1S/C26H26N4O4S/c27-15-19-10-12-20(13-11-19)16-28-25(31)17-30-24-9-5-4-8-22(24)14-23(26(30)32)29-35(33,34)18-21-6-2-1-3-7-21/h1-14,29H,15-18,27H2,(H,28,31). The van der Waals surface area contributed by atoms with Crippen molar-refractivity contribution in [1.82, 2.24) is 9.88 Å². The van der Waals surface area contributed by atoms with Gasteiger partial charge in [0.1, 0.15) is 12.2 Å². The average molecular weight is 491 g/mol. The van der Waals surface area contributed by atoms with E-state index in [0.717, 1.165) is 11.1 Å². The molecule has 180 valence electrons. The lowest BCUT2D eigenvalue weighted by Gasteiger charge is -2.14. The molecule has 0 saturated heterocycles. The third kappa shape index (κ3) is 6.14. The summed E-state index contributed by atoms with van der Waals surface area (Å²) in [5.74, 6) is -0.645. The molecule has 3 aromatic carbocycles. The van der Waals surface area contributed by atoms with Crippen molar-refractivity contribution in [3.8, 4) is 0 Å². The van der Waals surface area contributed by atoms with Crippen LogP contribution in [0, 0.1) is 0 Å². The predicted octanol–water partition coefficient (Wildman–Crippen LogP) is 2.72. The van der Waals surface area contributed by atoms with Gasteiger partial charge in [-0.1, -0.05) is 72.8 Å². The number of para-hydroxylation sites is 1. The topological polar surface area (TPSA) is 123 Å². The molecule has 4 aromatic rings. The van der Waals surface area contributed by atoms with E-state index in [4.69, 9.17) is 5.73 Å². The summed E-state index contributed by atoms with van der Waals surface area (Å²) >= 11 is 0. The number of nitrogens with one attached hydrogen (secondary N) is 2. The van der Waals surface area contributed by atoms with Gasteiger partial charge in [0.2, 0.25) is 15.9 Å². The maximum absolute atomic E-state index is 13.2. The number of amides is 1. The van der Waals surface area contributed by atoms with Gasteiger partial charge in [-0.3, -0.25) is 18.9 Å². The summed E-state index contributed by atoms with van der Waals surface area (Å²) in [4.78, 5) is 26.0. The van der Waals surface area contributed by atoms with Gasteiger partial charge in [0.15, 0.2) is 0 Å². The Bertz CT molecular complexity index is 1500. The van der Waals surface area contributed by atoms with E-state index >= 15 is 0 Å². The van der Waals surface area contributed by atoms with E-state index in [0.29, 0.717) is 29.6 Å². The Kier molecular flexibility index (Phi) is 7.28. The molecular formula is C26H26N4O4S. The van der Waals surface area contributed by atoms with Crippen LogP contribution in [0.15, 0.2) is 89.7 Å². The zero-order valence-electron chi connectivity index (χ0n) is 19.0. The Hall–Kier alpha value is -3.95. The zero-order valence-corrected chi connectivity index (χ0v) is 19.8. The highest BCUT2D eigenvalue weighted by molar-refractivity contribution is 7.91. The zero-order chi connectivity index (χ0) is 24.8. The molecule has 0 aliphatic heterocycles. The van der Waals surface area contributed by atoms with Crippen molar-refractivity contribution in [1.29, 1.82) is 0 Å². The Morgan fingerprint density at radius 2 is 1.51 bits per heavy atom. The van der Waals surface area contributed by atoms with Gasteiger partial charge < -0.3 is 11.1 Å². The molecule has 1 aromatic heterocycles. The van der Waals surface area contributed by atoms with Gasteiger partial charge >= 0.3 is 0 Å². The fraction of sp³-hybridized carbons (Fsp3) is 0.154. The second-order valence-corrected chi connectivity index (χ2v) is 9.87. The van der Waals surface area contributed by atoms with Gasteiger partial charge in [-0.15, -0.1) is 0 Å². The molecular weight excluding hydrogens is 464 g/mol. The lowest BCUT2D eigenvalue weighted by Crippen LogP contribution is -2.33. The van der Waals surface area contributed by atoms with Gasteiger partial charge in [0.25, 0.3) is 5.56 Å². The van der Waals surface area contributed by atoms with Crippen LogP contribution in [0.2, 0.25) is 0 Å². The van der Waals surface area contributed by atoms with Crippen LogP contribution in [0.3, 0.4) is 0 Å². The predicted molar refractivity (Wildman–Crippen MR) is 137 cm³/mol. The van der Waals surface area contributed by atoms with E-state index < -0.39 is 15.6 Å². The fourth-order valence-corrected chi connectivity index (χ4v) is 4.93. The minimum atomic E-state index is -3.85. The number of benzene rings is 3. The highest BCUT2D eigenvalue weighted by Crippen LogP contribution is 2.18. The molecule has 0 radical (unpaired) electrons. The van der Waals surface area contributed by atoms with E-state index in [-0.39, 0.29) is 23.9 Å². The third-order valence-electron chi connectivity index (χ3n) is 5.52. The lowest BCUT2D eigenvalue weighted by molar-refractivity contribution is -0.121. The number of nitrogens with zero attached hydrogens (tertiary/aromatic N) is 1. The molecule has 1 heterocycles. The first-order chi connectivity index (χ1) is 16.8. The molecule has 9 heteroatoms. The third-order valence-corrected chi connectivity index (χ3v) is 6.76. The summed E-state index contributed by atoms with van der Waals surface area (Å²) in [5.41, 5.74) is 7.93. The largest absolute Gasteiger partial charge is 0.350 e. The van der Waals surface area contributed by atoms with Crippen molar-refractivity contribution >= 4 is 32.5 Å². The highest BCUT2D eigenvalue weighted by Gasteiger charge is 2.18. The smallest absolute Gasteiger partial charge is 0.275 e. The molecule has 0 aliphatic rings. The van der Waals surface area contributed by atoms with E-state index in [1.165, 1.54) is 10.6 Å². The molecule has 0 fully saturated rings. The Morgan fingerprint density at radius 1 is 0.857 bits per heavy atom. The first-order valence-electron chi connectivity index (χ1n) is 11.1. The second-order valence-electron chi connectivity index (χ2n) is 8.15. The molecule has 0 aliphatic carbocycles. The van der Waals surface area contributed by atoms with Crippen molar-refractivity contribution in [3.63, 3.8) is 0 Å². The van der Waals surface area contributed by atoms with E-state index in [9.17, 15) is 18.0 Å². The molecule has 0 atom stereocenters. The number of hydrogen-bond acceptors (Lipinski definition) is 5. The van der Waals surface area contributed by atoms with Gasteiger partial charge in [-0.25, -0.2) is 8.42 Å². The lowest BCUT2D eigenvalue weighted by atomic mass is 10.1. The molecule has 4 N–H and O–H groups in total. The number of pyridine rings is 1. The van der Waals surface area contributed by atoms with Gasteiger partial charge in [-0.05, 0) is 28.8 Å². The summed E-state index contributed by atoms with van der Waals surface area (Å²) in [6, 6.07) is 24.8. The van der Waals surface area contributed by atoms with Gasteiger partial charge in [0, 0.05) is 18.5 Å². The Morgan fingerprint density at radius 3 is 2.23 bits per heavy atom. The molecule has 0 unspecified atom stereocenters. The van der Waals surface area contributed by atoms with Crippen LogP contribution in [0.5, 0.6) is 0 Å². The monoisotopic (exact) mass is 490 g/mol. The van der Waals surface area contributed by atoms with Crippen LogP contribution in [-0.4, -0.2) is 18.9 Å². The molecule has 0 spiro atoms. The van der Waals surface area contributed by atoms with Crippen LogP contribution >= 0.6 is 0 Å². The molecule has 0 bridgehead atoms. The first kappa shape index (κ1) is 24.2. The quantitative estimate of drug-likeness (QED) is 0.333. The van der Waals surface area contributed by atoms with E-state index in [1.54, 1.807) is 54.6 Å². The maximum Gasteiger partial charge on any atom is 0.275 e. The van der Waals surface area contributed by atoms with Gasteiger partial charge in [0.05, 0.1) is 11.3 Å². The summed E-state index contributed by atoms with van der Waals surface area (Å²) in [6.45, 7) is 0.475. The number of fused-ring (bicyclic) bond motifs is 1. The summed E-state index contributed by atoms with van der Waals surface area (Å²) < 4.78 is 29.2. The van der Waals surface area contributed by atoms with Crippen LogP contribution < -0.4 is 21.3 Å². The summed E-state index contributed by atoms with van der Waals surface area (Å²) in [7, 11) is -3.85. The number of nitrogens with two attached hydrogens (primary N) is 1. The summed E-state index contributed by atoms with van der Waals surface area (Å²) in [6.07, 6.45) is 0. The second kappa shape index (κ2) is 10.5. The van der Waals surface area contributed by atoms with Crippen molar-refractivity contribution in [3.05, 3.63) is 112 Å². The molecule has 8 nitrogen and oxygen atoms in total. The summed E-state index contributed by atoms with van der Waals surface area (Å²) in [5, 5.41) is 3.44. The van der Waals surface area contributed by atoms with Crippen LogP contribution in [0.25, 0.3) is 10.9 Å². The number of aromatic nitrogens is 1. The molecule has 35 heavy (non-hydrogen) atoms. The van der Waals surface area contributed by atoms with Crippen molar-refractivity contribution in [2.24, 2.45) is 5.73 Å². The van der Waals surface area contributed by atoms with Crippen molar-refractivity contribution in [2.75, 3.05) is 4.72 Å². The number of rotatable bonds is 9. The number of anilines is 1. The van der Waals surface area contributed by atoms with Crippen LogP contribution in [-0.2, 0) is 40.2 Å². The first-order valence-corrected chi connectivity index (χ1v) is 12.7. The Labute approximate surface area is 203 Å². The SMILES string of the molecule is NCc1ccc(CNC(=O)Cn2c(=O)c(NS(=O)(=O)Cc3ccccc3)cc3ccccc32)cc1. The molecule has 4 rings (SSSR count). The van der Waals surface area contributed by atoms with E-state index in [2.05, 4.69) is 10.0 Å². The number of carbonyl (C=O) groups excluding carboxylic acids is 1. The van der Waals surface area contributed by atoms with Crippen LogP contribution in [0.4, 0.5) is 5.69 Å². The maximum atomic E-state index is 13.2. The van der Waals surface area contributed by atoms with Crippen molar-refractivity contribution < 1.29 is 13.2 Å². The van der Waals surface area contributed by atoms with Gasteiger partial charge in [-0.2, -0.15) is 0 Å². The minimum Gasteiger partial charge on any atom is -0.350 e. The highest BCUT2D eigenvalue weighted by atomic mass is 32.2.